The molecule has 0 unspecified atom stereocenters. The fourth-order valence-corrected chi connectivity index (χ4v) is 5.22. The van der Waals surface area contributed by atoms with E-state index >= 15 is 0 Å². The highest BCUT2D eigenvalue weighted by Gasteiger charge is 2.51. The molecule has 0 saturated carbocycles. The number of hydrogen-bond donors (Lipinski definition) is 0. The molecule has 4 nitrogen and oxygen atoms in total. The van der Waals surface area contributed by atoms with Crippen LogP contribution in [0.25, 0.3) is 0 Å². The summed E-state index contributed by atoms with van der Waals surface area (Å²) < 4.78 is 6.18. The van der Waals surface area contributed by atoms with Crippen LogP contribution in [-0.2, 0) is 0 Å². The van der Waals surface area contributed by atoms with Gasteiger partial charge >= 0.3 is 0 Å². The molecule has 1 amide bonds. The first kappa shape index (κ1) is 14.1. The second-order valence-corrected chi connectivity index (χ2v) is 8.07. The summed E-state index contributed by atoms with van der Waals surface area (Å²) in [7, 11) is 0. The topological polar surface area (TPSA) is 42.4 Å². The van der Waals surface area contributed by atoms with Gasteiger partial charge in [-0.25, -0.2) is 0 Å². The summed E-state index contributed by atoms with van der Waals surface area (Å²) in [6.07, 6.45) is 4.72. The monoisotopic (exact) mass is 332 g/mol. The maximum absolute atomic E-state index is 12.3. The van der Waals surface area contributed by atoms with E-state index in [0.29, 0.717) is 0 Å². The molecule has 0 bridgehead atoms. The Hall–Kier alpha value is -1.53. The molecule has 2 aromatic heterocycles. The minimum atomic E-state index is 0.157. The van der Waals surface area contributed by atoms with E-state index in [9.17, 15) is 4.79 Å². The van der Waals surface area contributed by atoms with E-state index in [1.165, 1.54) is 0 Å². The Morgan fingerprint density at radius 2 is 2.32 bits per heavy atom. The minimum absolute atomic E-state index is 0.157. The lowest BCUT2D eigenvalue weighted by Gasteiger charge is -2.47. The van der Waals surface area contributed by atoms with E-state index in [1.54, 1.807) is 23.7 Å². The number of rotatable bonds is 3. The van der Waals surface area contributed by atoms with Gasteiger partial charge in [-0.05, 0) is 23.6 Å². The van der Waals surface area contributed by atoms with Crippen LogP contribution in [0.4, 0.5) is 0 Å². The van der Waals surface area contributed by atoms with Gasteiger partial charge in [0.2, 0.25) is 0 Å². The first-order valence-electron chi connectivity index (χ1n) is 7.26. The Morgan fingerprint density at radius 1 is 1.41 bits per heavy atom. The van der Waals surface area contributed by atoms with Crippen LogP contribution >= 0.6 is 23.1 Å². The van der Waals surface area contributed by atoms with E-state index in [-0.39, 0.29) is 16.8 Å². The van der Waals surface area contributed by atoms with Crippen LogP contribution in [0.1, 0.15) is 16.8 Å². The molecule has 22 heavy (non-hydrogen) atoms. The number of nitrogens with zero attached hydrogens (tertiary/aromatic N) is 2. The molecule has 1 spiro atoms. The zero-order chi connectivity index (χ0) is 15.0. The minimum Gasteiger partial charge on any atom is -0.488 e. The third kappa shape index (κ3) is 2.61. The van der Waals surface area contributed by atoms with Crippen molar-refractivity contribution >= 4 is 29.0 Å². The highest BCUT2D eigenvalue weighted by atomic mass is 32.2. The number of ether oxygens (including phenoxy) is 1. The van der Waals surface area contributed by atoms with Crippen molar-refractivity contribution in [2.45, 2.75) is 17.3 Å². The van der Waals surface area contributed by atoms with Crippen molar-refractivity contribution in [3.05, 3.63) is 46.9 Å². The molecular weight excluding hydrogens is 316 g/mol. The maximum atomic E-state index is 12.3. The zero-order valence-corrected chi connectivity index (χ0v) is 13.6. The lowest BCUT2D eigenvalue weighted by Crippen LogP contribution is -2.60. The summed E-state index contributed by atoms with van der Waals surface area (Å²) in [5.74, 6) is 1.97. The largest absolute Gasteiger partial charge is 0.488 e. The van der Waals surface area contributed by atoms with E-state index < -0.39 is 0 Å². The fraction of sp³-hybridized carbons (Fsp3) is 0.375. The van der Waals surface area contributed by atoms with Gasteiger partial charge in [0.1, 0.15) is 11.9 Å². The average Bonchev–Trinajstić information content (AvgIpc) is 3.16. The van der Waals surface area contributed by atoms with Crippen molar-refractivity contribution in [1.29, 1.82) is 0 Å². The van der Waals surface area contributed by atoms with Crippen molar-refractivity contribution in [2.24, 2.45) is 0 Å². The predicted octanol–water partition coefficient (Wildman–Crippen LogP) is 2.92. The standard InChI is InChI=1S/C16H16N2O2S2/c19-15(12-3-5-21-8-12)18-10-16(11-18)6-14(9-22-16)20-13-2-1-4-17-7-13/h1-5,7-8,14H,6,9-11H2/t14-/m0/s1. The number of pyridine rings is 1. The zero-order valence-electron chi connectivity index (χ0n) is 12.0. The van der Waals surface area contributed by atoms with E-state index in [2.05, 4.69) is 4.98 Å². The van der Waals surface area contributed by atoms with Crippen LogP contribution in [0, 0.1) is 0 Å². The average molecular weight is 332 g/mol. The molecular formula is C16H16N2O2S2. The van der Waals surface area contributed by atoms with Crippen LogP contribution in [0.2, 0.25) is 0 Å². The predicted molar refractivity (Wildman–Crippen MR) is 88.7 cm³/mol. The Morgan fingerprint density at radius 3 is 3.05 bits per heavy atom. The summed E-state index contributed by atoms with van der Waals surface area (Å²) in [6, 6.07) is 5.72. The molecule has 2 aromatic rings. The van der Waals surface area contributed by atoms with Crippen molar-refractivity contribution < 1.29 is 9.53 Å². The van der Waals surface area contributed by atoms with Gasteiger partial charge < -0.3 is 9.64 Å². The summed E-state index contributed by atoms with van der Waals surface area (Å²) in [4.78, 5) is 18.3. The molecule has 4 rings (SSSR count). The van der Waals surface area contributed by atoms with E-state index in [4.69, 9.17) is 4.74 Å². The third-order valence-electron chi connectivity index (χ3n) is 4.13. The van der Waals surface area contributed by atoms with Gasteiger partial charge in [0, 0.05) is 36.8 Å². The normalized spacial score (nSPS) is 22.5. The smallest absolute Gasteiger partial charge is 0.254 e. The van der Waals surface area contributed by atoms with E-state index in [1.807, 2.05) is 45.6 Å². The summed E-state index contributed by atoms with van der Waals surface area (Å²) >= 11 is 3.51. The first-order valence-corrected chi connectivity index (χ1v) is 9.19. The van der Waals surface area contributed by atoms with Crippen LogP contribution in [0.15, 0.2) is 41.4 Å². The highest BCUT2D eigenvalue weighted by molar-refractivity contribution is 8.01. The number of aromatic nitrogens is 1. The molecule has 2 aliphatic heterocycles. The molecule has 2 saturated heterocycles. The SMILES string of the molecule is O=C(c1ccsc1)N1CC2(C[C@H](Oc3cccnc3)CS2)C1. The second-order valence-electron chi connectivity index (χ2n) is 5.80. The first-order chi connectivity index (χ1) is 10.7. The van der Waals surface area contributed by atoms with Crippen LogP contribution in [0.5, 0.6) is 5.75 Å². The van der Waals surface area contributed by atoms with Gasteiger partial charge in [-0.3, -0.25) is 9.78 Å². The van der Waals surface area contributed by atoms with Gasteiger partial charge in [0.05, 0.1) is 16.5 Å². The maximum Gasteiger partial charge on any atom is 0.254 e. The highest BCUT2D eigenvalue weighted by Crippen LogP contribution is 2.46. The summed E-state index contributed by atoms with van der Waals surface area (Å²) in [6.45, 7) is 1.67. The number of likely N-dealkylation sites (tertiary alicyclic amines) is 1. The molecule has 0 aromatic carbocycles. The number of carbonyl (C=O) groups excluding carboxylic acids is 1. The van der Waals surface area contributed by atoms with Crippen molar-refractivity contribution in [3.63, 3.8) is 0 Å². The van der Waals surface area contributed by atoms with Gasteiger partial charge in [-0.1, -0.05) is 0 Å². The molecule has 0 N–H and O–H groups in total. The Bertz CT molecular complexity index is 654. The number of thioether (sulfide) groups is 1. The molecule has 2 fully saturated rings. The van der Waals surface area contributed by atoms with Gasteiger partial charge in [0.15, 0.2) is 0 Å². The number of thiophene rings is 1. The Balaban J connectivity index is 1.33. The van der Waals surface area contributed by atoms with Crippen molar-refractivity contribution in [2.75, 3.05) is 18.8 Å². The molecule has 4 heterocycles. The third-order valence-corrected chi connectivity index (χ3v) is 6.38. The Labute approximate surface area is 137 Å². The number of carbonyl (C=O) groups is 1. The number of amides is 1. The lowest BCUT2D eigenvalue weighted by atomic mass is 9.92. The van der Waals surface area contributed by atoms with Crippen LogP contribution < -0.4 is 4.74 Å². The van der Waals surface area contributed by atoms with E-state index in [0.717, 1.165) is 36.6 Å². The summed E-state index contributed by atoms with van der Waals surface area (Å²) in [5, 5.41) is 3.87. The molecule has 1 atom stereocenters. The quantitative estimate of drug-likeness (QED) is 0.867. The van der Waals surface area contributed by atoms with Gasteiger partial charge in [-0.2, -0.15) is 11.3 Å². The van der Waals surface area contributed by atoms with Crippen LogP contribution in [-0.4, -0.2) is 45.5 Å². The fourth-order valence-electron chi connectivity index (χ4n) is 3.07. The number of hydrogen-bond acceptors (Lipinski definition) is 5. The molecule has 0 radical (unpaired) electrons. The van der Waals surface area contributed by atoms with Crippen molar-refractivity contribution in [3.8, 4) is 5.75 Å². The van der Waals surface area contributed by atoms with Gasteiger partial charge in [-0.15, -0.1) is 11.8 Å². The molecule has 114 valence electrons. The molecule has 2 aliphatic rings. The molecule has 0 aliphatic carbocycles. The summed E-state index contributed by atoms with van der Waals surface area (Å²) in [5.41, 5.74) is 0.811. The second kappa shape index (κ2) is 5.59. The Kier molecular flexibility index (Phi) is 3.58. The molecule has 6 heteroatoms. The van der Waals surface area contributed by atoms with Gasteiger partial charge in [0.25, 0.3) is 5.91 Å². The lowest BCUT2D eigenvalue weighted by molar-refractivity contribution is 0.0518. The van der Waals surface area contributed by atoms with Crippen LogP contribution in [0.3, 0.4) is 0 Å². The van der Waals surface area contributed by atoms with Crippen molar-refractivity contribution in [1.82, 2.24) is 9.88 Å².